The van der Waals surface area contributed by atoms with Crippen LogP contribution in [0.25, 0.3) is 0 Å². The first-order chi connectivity index (χ1) is 11.8. The van der Waals surface area contributed by atoms with Crippen LogP contribution in [-0.4, -0.2) is 21.6 Å². The summed E-state index contributed by atoms with van der Waals surface area (Å²) in [5.41, 5.74) is 1.45. The van der Waals surface area contributed by atoms with E-state index in [1.807, 2.05) is 0 Å². The molecule has 4 rings (SSSR count). The quantitative estimate of drug-likeness (QED) is 0.709. The molecule has 0 saturated carbocycles. The molecule has 124 valence electrons. The van der Waals surface area contributed by atoms with Gasteiger partial charge in [-0.3, -0.25) is 4.90 Å². The largest absolute Gasteiger partial charge is 0.485 e. The summed E-state index contributed by atoms with van der Waals surface area (Å²) >= 11 is 1.80. The highest BCUT2D eigenvalue weighted by Crippen LogP contribution is 2.25. The Balaban J connectivity index is 1.33. The fourth-order valence-electron chi connectivity index (χ4n) is 2.71. The van der Waals surface area contributed by atoms with Gasteiger partial charge in [-0.05, 0) is 47.7 Å². The van der Waals surface area contributed by atoms with Crippen molar-refractivity contribution in [2.24, 2.45) is 0 Å². The van der Waals surface area contributed by atoms with Crippen molar-refractivity contribution in [1.82, 2.24) is 15.0 Å². The van der Waals surface area contributed by atoms with E-state index in [0.29, 0.717) is 24.0 Å². The van der Waals surface area contributed by atoms with Gasteiger partial charge in [0, 0.05) is 18.0 Å². The van der Waals surface area contributed by atoms with Gasteiger partial charge in [0.15, 0.2) is 6.61 Å². The van der Waals surface area contributed by atoms with Crippen LogP contribution in [-0.2, 0) is 26.1 Å². The standard InChI is InChI=1S/C17H16FN3O2S/c18-13-1-3-14(4-2-13)22-11-16-19-17(23-20-16)10-21-7-5-12-6-8-24-15(12)9-21/h1-4,6,8H,5,7,9-11H2. The van der Waals surface area contributed by atoms with Crippen LogP contribution in [0.4, 0.5) is 4.39 Å². The molecule has 2 aromatic heterocycles. The average molecular weight is 345 g/mol. The Morgan fingerprint density at radius 3 is 3.00 bits per heavy atom. The van der Waals surface area contributed by atoms with E-state index < -0.39 is 0 Å². The summed E-state index contributed by atoms with van der Waals surface area (Å²) in [6.07, 6.45) is 1.06. The van der Waals surface area contributed by atoms with E-state index in [9.17, 15) is 4.39 Å². The Kier molecular flexibility index (Phi) is 4.27. The van der Waals surface area contributed by atoms with E-state index in [1.54, 1.807) is 23.5 Å². The van der Waals surface area contributed by atoms with Gasteiger partial charge in [0.05, 0.1) is 6.54 Å². The minimum absolute atomic E-state index is 0.199. The lowest BCUT2D eigenvalue weighted by Gasteiger charge is -2.24. The number of aromatic nitrogens is 2. The highest BCUT2D eigenvalue weighted by molar-refractivity contribution is 7.10. The minimum Gasteiger partial charge on any atom is -0.485 e. The fourth-order valence-corrected chi connectivity index (χ4v) is 3.68. The Labute approximate surface area is 142 Å². The molecule has 5 nitrogen and oxygen atoms in total. The smallest absolute Gasteiger partial charge is 0.240 e. The summed E-state index contributed by atoms with van der Waals surface area (Å²) in [6.45, 7) is 2.76. The van der Waals surface area contributed by atoms with Crippen LogP contribution in [0.5, 0.6) is 5.75 Å². The first-order valence-corrected chi connectivity index (χ1v) is 8.62. The van der Waals surface area contributed by atoms with Crippen LogP contribution >= 0.6 is 11.3 Å². The zero-order chi connectivity index (χ0) is 16.4. The van der Waals surface area contributed by atoms with Crippen LogP contribution in [0.3, 0.4) is 0 Å². The van der Waals surface area contributed by atoms with Crippen molar-refractivity contribution in [3.63, 3.8) is 0 Å². The molecule has 0 fully saturated rings. The van der Waals surface area contributed by atoms with Crippen molar-refractivity contribution in [2.45, 2.75) is 26.1 Å². The molecule has 3 aromatic rings. The highest BCUT2D eigenvalue weighted by atomic mass is 32.1. The van der Waals surface area contributed by atoms with Gasteiger partial charge in [-0.1, -0.05) is 5.16 Å². The number of fused-ring (bicyclic) bond motifs is 1. The predicted molar refractivity (Wildman–Crippen MR) is 87.2 cm³/mol. The molecule has 24 heavy (non-hydrogen) atoms. The Bertz CT molecular complexity index is 815. The Morgan fingerprint density at radius 2 is 2.12 bits per heavy atom. The van der Waals surface area contributed by atoms with E-state index in [-0.39, 0.29) is 12.4 Å². The molecule has 0 saturated heterocycles. The lowest BCUT2D eigenvalue weighted by Crippen LogP contribution is -2.29. The van der Waals surface area contributed by atoms with E-state index in [1.165, 1.54) is 22.6 Å². The summed E-state index contributed by atoms with van der Waals surface area (Å²) in [5, 5.41) is 6.08. The summed E-state index contributed by atoms with van der Waals surface area (Å²) in [4.78, 5) is 8.09. The van der Waals surface area contributed by atoms with Gasteiger partial charge in [-0.25, -0.2) is 4.39 Å². The molecular formula is C17H16FN3O2S. The SMILES string of the molecule is Fc1ccc(OCc2noc(CN3CCc4ccsc4C3)n2)cc1. The molecule has 0 bridgehead atoms. The molecule has 0 amide bonds. The highest BCUT2D eigenvalue weighted by Gasteiger charge is 2.19. The minimum atomic E-state index is -0.292. The van der Waals surface area contributed by atoms with Crippen molar-refractivity contribution in [2.75, 3.05) is 6.54 Å². The van der Waals surface area contributed by atoms with E-state index in [0.717, 1.165) is 19.5 Å². The van der Waals surface area contributed by atoms with Crippen molar-refractivity contribution >= 4 is 11.3 Å². The second-order valence-corrected chi connectivity index (χ2v) is 6.68. The molecule has 1 aliphatic rings. The van der Waals surface area contributed by atoms with Gasteiger partial charge >= 0.3 is 0 Å². The van der Waals surface area contributed by atoms with Gasteiger partial charge in [-0.15, -0.1) is 11.3 Å². The van der Waals surface area contributed by atoms with Crippen molar-refractivity contribution in [3.05, 3.63) is 63.7 Å². The molecule has 7 heteroatoms. The third kappa shape index (κ3) is 3.47. The van der Waals surface area contributed by atoms with E-state index in [4.69, 9.17) is 9.26 Å². The molecule has 1 aromatic carbocycles. The maximum atomic E-state index is 12.8. The Morgan fingerprint density at radius 1 is 1.25 bits per heavy atom. The number of nitrogens with zero attached hydrogens (tertiary/aromatic N) is 3. The van der Waals surface area contributed by atoms with Crippen molar-refractivity contribution < 1.29 is 13.7 Å². The van der Waals surface area contributed by atoms with Crippen LogP contribution < -0.4 is 4.74 Å². The maximum Gasteiger partial charge on any atom is 0.240 e. The van der Waals surface area contributed by atoms with Crippen LogP contribution in [0.15, 0.2) is 40.2 Å². The normalized spacial score (nSPS) is 14.5. The third-order valence-electron chi connectivity index (χ3n) is 3.95. The van der Waals surface area contributed by atoms with Crippen LogP contribution in [0.2, 0.25) is 0 Å². The molecule has 0 aliphatic carbocycles. The van der Waals surface area contributed by atoms with Gasteiger partial charge in [0.1, 0.15) is 11.6 Å². The number of thiophene rings is 1. The predicted octanol–water partition coefficient (Wildman–Crippen LogP) is 3.41. The topological polar surface area (TPSA) is 51.4 Å². The number of halogens is 1. The number of hydrogen-bond acceptors (Lipinski definition) is 6. The lowest BCUT2D eigenvalue weighted by atomic mass is 10.1. The molecule has 0 atom stereocenters. The molecular weight excluding hydrogens is 329 g/mol. The number of rotatable bonds is 5. The van der Waals surface area contributed by atoms with Crippen LogP contribution in [0.1, 0.15) is 22.2 Å². The second-order valence-electron chi connectivity index (χ2n) is 5.68. The maximum absolute atomic E-state index is 12.8. The van der Waals surface area contributed by atoms with Gasteiger partial charge in [-0.2, -0.15) is 4.98 Å². The molecule has 0 unspecified atom stereocenters. The third-order valence-corrected chi connectivity index (χ3v) is 4.90. The van der Waals surface area contributed by atoms with Crippen LogP contribution in [0, 0.1) is 5.82 Å². The zero-order valence-corrected chi connectivity index (χ0v) is 13.8. The number of hydrogen-bond donors (Lipinski definition) is 0. The number of benzene rings is 1. The summed E-state index contributed by atoms with van der Waals surface area (Å²) in [5.74, 6) is 1.36. The molecule has 0 radical (unpaired) electrons. The van der Waals surface area contributed by atoms with E-state index >= 15 is 0 Å². The lowest BCUT2D eigenvalue weighted by molar-refractivity contribution is 0.212. The van der Waals surface area contributed by atoms with E-state index in [2.05, 4.69) is 26.5 Å². The zero-order valence-electron chi connectivity index (χ0n) is 12.9. The summed E-state index contributed by atoms with van der Waals surface area (Å²) in [6, 6.07) is 8.05. The van der Waals surface area contributed by atoms with Crippen molar-refractivity contribution in [3.8, 4) is 5.75 Å². The Hall–Kier alpha value is -2.25. The fraction of sp³-hybridized carbons (Fsp3) is 0.294. The molecule has 0 N–H and O–H groups in total. The average Bonchev–Trinajstić information content (AvgIpc) is 3.23. The van der Waals surface area contributed by atoms with Gasteiger partial charge < -0.3 is 9.26 Å². The van der Waals surface area contributed by atoms with Gasteiger partial charge in [0.25, 0.3) is 0 Å². The summed E-state index contributed by atoms with van der Waals surface area (Å²) in [7, 11) is 0. The first-order valence-electron chi connectivity index (χ1n) is 7.74. The summed E-state index contributed by atoms with van der Waals surface area (Å²) < 4.78 is 23.7. The van der Waals surface area contributed by atoms with Gasteiger partial charge in [0.2, 0.25) is 11.7 Å². The second kappa shape index (κ2) is 6.70. The monoisotopic (exact) mass is 345 g/mol. The first kappa shape index (κ1) is 15.3. The number of ether oxygens (including phenoxy) is 1. The molecule has 0 spiro atoms. The molecule has 3 heterocycles. The van der Waals surface area contributed by atoms with Crippen molar-refractivity contribution in [1.29, 1.82) is 0 Å². The molecule has 1 aliphatic heterocycles.